The predicted octanol–water partition coefficient (Wildman–Crippen LogP) is 3.53. The van der Waals surface area contributed by atoms with Crippen LogP contribution in [0.5, 0.6) is 0 Å². The van der Waals surface area contributed by atoms with Crippen LogP contribution in [0.3, 0.4) is 0 Å². The van der Waals surface area contributed by atoms with E-state index in [0.717, 1.165) is 30.3 Å². The molecule has 0 saturated carbocycles. The van der Waals surface area contributed by atoms with Crippen LogP contribution in [-0.4, -0.2) is 28.3 Å². The number of nitrogens with zero attached hydrogens (tertiary/aromatic N) is 3. The second-order valence-corrected chi connectivity index (χ2v) is 7.41. The molecule has 5 rings (SSSR count). The van der Waals surface area contributed by atoms with Gasteiger partial charge in [-0.15, -0.1) is 0 Å². The van der Waals surface area contributed by atoms with Gasteiger partial charge in [-0.25, -0.2) is 0 Å². The molecule has 3 aromatic rings. The van der Waals surface area contributed by atoms with E-state index in [1.165, 1.54) is 34.2 Å². The number of aromatic nitrogens is 2. The molecule has 0 unspecified atom stereocenters. The van der Waals surface area contributed by atoms with E-state index in [-0.39, 0.29) is 0 Å². The molecule has 2 aliphatic rings. The summed E-state index contributed by atoms with van der Waals surface area (Å²) in [6.07, 6.45) is 4.18. The Morgan fingerprint density at radius 3 is 3.00 bits per heavy atom. The third-order valence-electron chi connectivity index (χ3n) is 5.01. The van der Waals surface area contributed by atoms with Crippen LogP contribution in [0.4, 0.5) is 5.69 Å². The van der Waals surface area contributed by atoms with Crippen LogP contribution in [-0.2, 0) is 6.54 Å². The quantitative estimate of drug-likeness (QED) is 0.743. The van der Waals surface area contributed by atoms with E-state index in [2.05, 4.69) is 44.9 Å². The smallest absolute Gasteiger partial charge is 0.152 e. The summed E-state index contributed by atoms with van der Waals surface area (Å²) in [6.45, 7) is 2.89. The van der Waals surface area contributed by atoms with Crippen LogP contribution >= 0.6 is 11.5 Å². The Morgan fingerprint density at radius 2 is 2.08 bits per heavy atom. The fourth-order valence-corrected chi connectivity index (χ4v) is 4.57. The average molecular weight is 349 g/mol. The van der Waals surface area contributed by atoms with Gasteiger partial charge in [0.25, 0.3) is 0 Å². The maximum absolute atomic E-state index is 4.77. The number of fused-ring (bicyclic) bond motifs is 2. The second-order valence-electron chi connectivity index (χ2n) is 6.60. The first kappa shape index (κ1) is 15.0. The molecule has 1 fully saturated rings. The Balaban J connectivity index is 1.42. The lowest BCUT2D eigenvalue weighted by Gasteiger charge is -2.21. The van der Waals surface area contributed by atoms with Crippen molar-refractivity contribution in [3.63, 3.8) is 0 Å². The lowest BCUT2D eigenvalue weighted by molar-refractivity contribution is 0.457. The monoisotopic (exact) mass is 349 g/mol. The number of rotatable bonds is 2. The largest absolute Gasteiger partial charge is 0.339 e. The van der Waals surface area contributed by atoms with E-state index in [0.29, 0.717) is 12.5 Å². The Kier molecular flexibility index (Phi) is 3.72. The molecule has 126 valence electrons. The topological polar surface area (TPSA) is 62.2 Å². The van der Waals surface area contributed by atoms with Crippen molar-refractivity contribution >= 4 is 33.1 Å². The van der Waals surface area contributed by atoms with Crippen LogP contribution in [0.2, 0.25) is 0 Å². The van der Waals surface area contributed by atoms with Crippen LogP contribution in [0.1, 0.15) is 35.7 Å². The average Bonchev–Trinajstić information content (AvgIpc) is 3.27. The van der Waals surface area contributed by atoms with Crippen molar-refractivity contribution in [1.82, 2.24) is 14.7 Å². The molecule has 0 bridgehead atoms. The van der Waals surface area contributed by atoms with Gasteiger partial charge in [-0.2, -0.15) is 4.37 Å². The standard InChI is InChI=1S/C19H19N5S/c1-2-13-11-22-19(18(13)21-7-1)23-14-3-4-15-16(10-14)25-24-17(15)12-5-8-20-9-6-12/h1-4,7,10,12,20H,5-6,8-9,11H2,(H,22,23). The summed E-state index contributed by atoms with van der Waals surface area (Å²) >= 11 is 1.60. The lowest BCUT2D eigenvalue weighted by atomic mass is 9.92. The summed E-state index contributed by atoms with van der Waals surface area (Å²) in [5.74, 6) is 1.45. The van der Waals surface area contributed by atoms with E-state index in [1.54, 1.807) is 11.5 Å². The number of pyridine rings is 1. The van der Waals surface area contributed by atoms with Gasteiger partial charge in [-0.3, -0.25) is 9.98 Å². The highest BCUT2D eigenvalue weighted by Gasteiger charge is 2.21. The number of benzene rings is 1. The molecule has 1 aromatic carbocycles. The molecule has 1 saturated heterocycles. The number of amidine groups is 1. The molecule has 0 amide bonds. The Hall–Kier alpha value is -2.31. The molecule has 4 heterocycles. The highest BCUT2D eigenvalue weighted by molar-refractivity contribution is 7.13. The summed E-state index contributed by atoms with van der Waals surface area (Å²) in [7, 11) is 0. The van der Waals surface area contributed by atoms with Crippen LogP contribution < -0.4 is 10.6 Å². The Morgan fingerprint density at radius 1 is 1.16 bits per heavy atom. The van der Waals surface area contributed by atoms with E-state index >= 15 is 0 Å². The second kappa shape index (κ2) is 6.20. The third-order valence-corrected chi connectivity index (χ3v) is 5.83. The molecular weight excluding hydrogens is 330 g/mol. The number of anilines is 1. The van der Waals surface area contributed by atoms with E-state index in [9.17, 15) is 0 Å². The van der Waals surface area contributed by atoms with Gasteiger partial charge in [-0.1, -0.05) is 6.07 Å². The highest BCUT2D eigenvalue weighted by atomic mass is 32.1. The number of hydrogen-bond acceptors (Lipinski definition) is 6. The van der Waals surface area contributed by atoms with Crippen molar-refractivity contribution in [2.24, 2.45) is 4.99 Å². The van der Waals surface area contributed by atoms with Gasteiger partial charge < -0.3 is 10.6 Å². The van der Waals surface area contributed by atoms with Crippen LogP contribution in [0, 0.1) is 0 Å². The van der Waals surface area contributed by atoms with E-state index in [4.69, 9.17) is 4.37 Å². The molecule has 0 spiro atoms. The van der Waals surface area contributed by atoms with Crippen molar-refractivity contribution in [3.05, 3.63) is 53.5 Å². The number of aliphatic imine (C=N–C) groups is 1. The number of hydrogen-bond donors (Lipinski definition) is 2. The summed E-state index contributed by atoms with van der Waals surface area (Å²) < 4.78 is 6.01. The first-order valence-corrected chi connectivity index (χ1v) is 9.51. The Labute approximate surface area is 150 Å². The van der Waals surface area contributed by atoms with Gasteiger partial charge in [-0.05, 0) is 61.7 Å². The molecule has 5 nitrogen and oxygen atoms in total. The fourth-order valence-electron chi connectivity index (χ4n) is 3.68. The van der Waals surface area contributed by atoms with Crippen LogP contribution in [0.15, 0.2) is 41.5 Å². The predicted molar refractivity (Wildman–Crippen MR) is 103 cm³/mol. The van der Waals surface area contributed by atoms with Gasteiger partial charge in [0.15, 0.2) is 5.84 Å². The summed E-state index contributed by atoms with van der Waals surface area (Å²) in [5.41, 5.74) is 4.46. The van der Waals surface area contributed by atoms with Crippen molar-refractivity contribution in [2.45, 2.75) is 25.3 Å². The maximum atomic E-state index is 4.77. The fraction of sp³-hybridized carbons (Fsp3) is 0.316. The van der Waals surface area contributed by atoms with Gasteiger partial charge in [0.05, 0.1) is 16.9 Å². The van der Waals surface area contributed by atoms with Gasteiger partial charge in [0.2, 0.25) is 0 Å². The van der Waals surface area contributed by atoms with Crippen molar-refractivity contribution in [2.75, 3.05) is 18.4 Å². The minimum Gasteiger partial charge on any atom is -0.339 e. The molecule has 2 aromatic heterocycles. The summed E-state index contributed by atoms with van der Waals surface area (Å²) in [4.78, 5) is 9.04. The molecule has 2 aliphatic heterocycles. The molecule has 0 atom stereocenters. The maximum Gasteiger partial charge on any atom is 0.152 e. The third kappa shape index (κ3) is 2.71. The van der Waals surface area contributed by atoms with Crippen molar-refractivity contribution < 1.29 is 0 Å². The van der Waals surface area contributed by atoms with Gasteiger partial charge in [0.1, 0.15) is 5.69 Å². The molecule has 0 radical (unpaired) electrons. The molecule has 25 heavy (non-hydrogen) atoms. The van der Waals surface area contributed by atoms with E-state index < -0.39 is 0 Å². The minimum atomic E-state index is 0.587. The lowest BCUT2D eigenvalue weighted by Crippen LogP contribution is -2.26. The molecule has 6 heteroatoms. The SMILES string of the molecule is c1cnc2c(c1)CN=C2Nc1ccc2c(C3CCNCC3)nsc2c1. The summed E-state index contributed by atoms with van der Waals surface area (Å²) in [6, 6.07) is 10.6. The van der Waals surface area contributed by atoms with Gasteiger partial charge >= 0.3 is 0 Å². The molecular formula is C19H19N5S. The number of nitrogens with one attached hydrogen (secondary N) is 2. The van der Waals surface area contributed by atoms with Crippen molar-refractivity contribution in [1.29, 1.82) is 0 Å². The minimum absolute atomic E-state index is 0.587. The zero-order valence-corrected chi connectivity index (χ0v) is 14.6. The first-order chi connectivity index (χ1) is 12.4. The zero-order chi connectivity index (χ0) is 16.6. The van der Waals surface area contributed by atoms with E-state index in [1.807, 2.05) is 12.3 Å². The molecule has 0 aliphatic carbocycles. The Bertz CT molecular complexity index is 955. The highest BCUT2D eigenvalue weighted by Crippen LogP contribution is 2.34. The van der Waals surface area contributed by atoms with Crippen molar-refractivity contribution in [3.8, 4) is 0 Å². The first-order valence-electron chi connectivity index (χ1n) is 8.74. The summed E-state index contributed by atoms with van der Waals surface area (Å²) in [5, 5.41) is 8.16. The zero-order valence-electron chi connectivity index (χ0n) is 13.8. The van der Waals surface area contributed by atoms with Gasteiger partial charge in [0, 0.05) is 28.8 Å². The van der Waals surface area contributed by atoms with Crippen LogP contribution in [0.25, 0.3) is 10.1 Å². The normalized spacial score (nSPS) is 17.5. The molecule has 2 N–H and O–H groups in total. The number of piperidine rings is 1.